The zero-order valence-electron chi connectivity index (χ0n) is 12.1. The molecule has 3 rings (SSSR count). The number of nitrogens with one attached hydrogen (secondary N) is 1. The van der Waals surface area contributed by atoms with Crippen LogP contribution in [-0.2, 0) is 4.79 Å². The van der Waals surface area contributed by atoms with Gasteiger partial charge in [0.1, 0.15) is 0 Å². The van der Waals surface area contributed by atoms with Gasteiger partial charge in [-0.2, -0.15) is 0 Å². The highest BCUT2D eigenvalue weighted by molar-refractivity contribution is 5.89. The number of urea groups is 1. The van der Waals surface area contributed by atoms with Crippen LogP contribution in [0.3, 0.4) is 0 Å². The van der Waals surface area contributed by atoms with Crippen molar-refractivity contribution in [2.45, 2.75) is 19.3 Å². The lowest BCUT2D eigenvalue weighted by Gasteiger charge is -2.37. The van der Waals surface area contributed by atoms with Crippen LogP contribution in [0.2, 0.25) is 0 Å². The van der Waals surface area contributed by atoms with Crippen molar-refractivity contribution in [2.24, 2.45) is 5.92 Å². The molecule has 21 heavy (non-hydrogen) atoms. The highest BCUT2D eigenvalue weighted by atomic mass is 16.2. The first-order valence-corrected chi connectivity index (χ1v) is 7.64. The van der Waals surface area contributed by atoms with Crippen LogP contribution in [0.1, 0.15) is 19.3 Å². The van der Waals surface area contributed by atoms with E-state index in [1.807, 2.05) is 35.2 Å². The number of carbonyl (C=O) groups excluding carboxylic acids is 2. The van der Waals surface area contributed by atoms with Crippen molar-refractivity contribution in [3.8, 4) is 0 Å². The molecule has 0 aliphatic carbocycles. The van der Waals surface area contributed by atoms with Gasteiger partial charge in [0.2, 0.25) is 5.91 Å². The van der Waals surface area contributed by atoms with Crippen LogP contribution in [0.25, 0.3) is 0 Å². The van der Waals surface area contributed by atoms with Gasteiger partial charge in [-0.05, 0) is 31.4 Å². The lowest BCUT2D eigenvalue weighted by Crippen LogP contribution is -2.49. The van der Waals surface area contributed by atoms with Gasteiger partial charge in [0.15, 0.2) is 0 Å². The van der Waals surface area contributed by atoms with Gasteiger partial charge in [-0.25, -0.2) is 4.79 Å². The fourth-order valence-corrected chi connectivity index (χ4v) is 2.85. The number of likely N-dealkylation sites (tertiary alicyclic amines) is 2. The number of carbonyl (C=O) groups is 2. The molecular weight excluding hydrogens is 266 g/mol. The zero-order valence-corrected chi connectivity index (χ0v) is 12.1. The highest BCUT2D eigenvalue weighted by Gasteiger charge is 2.32. The van der Waals surface area contributed by atoms with E-state index in [1.165, 1.54) is 0 Å². The van der Waals surface area contributed by atoms with E-state index < -0.39 is 0 Å². The molecule has 2 saturated heterocycles. The fraction of sp³-hybridized carbons (Fsp3) is 0.500. The quantitative estimate of drug-likeness (QED) is 0.906. The summed E-state index contributed by atoms with van der Waals surface area (Å²) in [6.07, 6.45) is 2.68. The van der Waals surface area contributed by atoms with Crippen LogP contribution in [0.15, 0.2) is 30.3 Å². The molecule has 0 spiro atoms. The van der Waals surface area contributed by atoms with E-state index in [0.717, 1.165) is 38.0 Å². The molecule has 1 N–H and O–H groups in total. The standard InChI is InChI=1S/C16H21N3O2/c20-15(18-9-4-10-18)13-7-11-19(12-8-13)16(21)17-14-5-2-1-3-6-14/h1-3,5-6,13H,4,7-12H2,(H,17,21). The Hall–Kier alpha value is -2.04. The molecule has 1 aromatic rings. The molecule has 0 aromatic heterocycles. The molecular formula is C16H21N3O2. The molecule has 0 bridgehead atoms. The predicted molar refractivity (Wildman–Crippen MR) is 81.0 cm³/mol. The minimum Gasteiger partial charge on any atom is -0.342 e. The highest BCUT2D eigenvalue weighted by Crippen LogP contribution is 2.22. The second-order valence-corrected chi connectivity index (χ2v) is 5.74. The summed E-state index contributed by atoms with van der Waals surface area (Å²) in [5.41, 5.74) is 0.807. The number of para-hydroxylation sites is 1. The van der Waals surface area contributed by atoms with E-state index in [-0.39, 0.29) is 17.9 Å². The summed E-state index contributed by atoms with van der Waals surface area (Å²) in [5.74, 6) is 0.385. The van der Waals surface area contributed by atoms with E-state index in [2.05, 4.69) is 5.32 Å². The van der Waals surface area contributed by atoms with Crippen molar-refractivity contribution in [3.05, 3.63) is 30.3 Å². The van der Waals surface area contributed by atoms with E-state index >= 15 is 0 Å². The molecule has 1 aromatic carbocycles. The molecule has 2 aliphatic heterocycles. The Morgan fingerprint density at radius 3 is 2.19 bits per heavy atom. The average Bonchev–Trinajstić information content (AvgIpc) is 2.46. The molecule has 3 amide bonds. The molecule has 0 atom stereocenters. The SMILES string of the molecule is O=C(Nc1ccccc1)N1CCC(C(=O)N2CCC2)CC1. The summed E-state index contributed by atoms with van der Waals surface area (Å²) in [7, 11) is 0. The lowest BCUT2D eigenvalue weighted by molar-refractivity contribution is -0.140. The summed E-state index contributed by atoms with van der Waals surface area (Å²) >= 11 is 0. The zero-order chi connectivity index (χ0) is 14.7. The topological polar surface area (TPSA) is 52.7 Å². The van der Waals surface area contributed by atoms with Crippen LogP contribution >= 0.6 is 0 Å². The smallest absolute Gasteiger partial charge is 0.321 e. The summed E-state index contributed by atoms with van der Waals surface area (Å²) in [5, 5.41) is 2.89. The van der Waals surface area contributed by atoms with Gasteiger partial charge >= 0.3 is 6.03 Å². The number of rotatable bonds is 2. The van der Waals surface area contributed by atoms with E-state index in [1.54, 1.807) is 4.90 Å². The van der Waals surface area contributed by atoms with Crippen molar-refractivity contribution in [3.63, 3.8) is 0 Å². The first-order valence-electron chi connectivity index (χ1n) is 7.64. The average molecular weight is 287 g/mol. The third kappa shape index (κ3) is 3.17. The number of amides is 3. The van der Waals surface area contributed by atoms with Crippen LogP contribution in [-0.4, -0.2) is 47.9 Å². The van der Waals surface area contributed by atoms with Gasteiger partial charge in [-0.3, -0.25) is 4.79 Å². The number of benzene rings is 1. The van der Waals surface area contributed by atoms with E-state index in [9.17, 15) is 9.59 Å². The van der Waals surface area contributed by atoms with Crippen molar-refractivity contribution < 1.29 is 9.59 Å². The van der Waals surface area contributed by atoms with Gasteiger partial charge in [-0.15, -0.1) is 0 Å². The van der Waals surface area contributed by atoms with E-state index in [4.69, 9.17) is 0 Å². The second kappa shape index (κ2) is 6.16. The third-order valence-electron chi connectivity index (χ3n) is 4.32. The van der Waals surface area contributed by atoms with Gasteiger partial charge in [0, 0.05) is 37.8 Å². The minimum absolute atomic E-state index is 0.0731. The first-order chi connectivity index (χ1) is 10.2. The summed E-state index contributed by atoms with van der Waals surface area (Å²) in [4.78, 5) is 28.1. The summed E-state index contributed by atoms with van der Waals surface area (Å²) in [6.45, 7) is 3.13. The molecule has 5 heteroatoms. The Balaban J connectivity index is 1.48. The Morgan fingerprint density at radius 2 is 1.62 bits per heavy atom. The number of hydrogen-bond acceptors (Lipinski definition) is 2. The van der Waals surface area contributed by atoms with E-state index in [0.29, 0.717) is 13.1 Å². The van der Waals surface area contributed by atoms with Crippen LogP contribution in [0, 0.1) is 5.92 Å². The fourth-order valence-electron chi connectivity index (χ4n) is 2.85. The van der Waals surface area contributed by atoms with Gasteiger partial charge < -0.3 is 15.1 Å². The predicted octanol–water partition coefficient (Wildman–Crippen LogP) is 2.16. The normalized spacial score (nSPS) is 19.0. The maximum absolute atomic E-state index is 12.2. The van der Waals surface area contributed by atoms with Crippen LogP contribution < -0.4 is 5.32 Å². The number of hydrogen-bond donors (Lipinski definition) is 1. The monoisotopic (exact) mass is 287 g/mol. The molecule has 112 valence electrons. The maximum atomic E-state index is 12.2. The molecule has 5 nitrogen and oxygen atoms in total. The Morgan fingerprint density at radius 1 is 0.952 bits per heavy atom. The van der Waals surface area contributed by atoms with Crippen molar-refractivity contribution >= 4 is 17.6 Å². The maximum Gasteiger partial charge on any atom is 0.321 e. The van der Waals surface area contributed by atoms with Gasteiger partial charge in [-0.1, -0.05) is 18.2 Å². The molecule has 0 saturated carbocycles. The molecule has 2 fully saturated rings. The Kier molecular flexibility index (Phi) is 4.08. The molecule has 2 heterocycles. The first kappa shape index (κ1) is 13.9. The van der Waals surface area contributed by atoms with Gasteiger partial charge in [0.25, 0.3) is 0 Å². The van der Waals surface area contributed by atoms with Crippen molar-refractivity contribution in [2.75, 3.05) is 31.5 Å². The number of piperidine rings is 1. The summed E-state index contributed by atoms with van der Waals surface area (Å²) < 4.78 is 0. The van der Waals surface area contributed by atoms with Crippen LogP contribution in [0.4, 0.5) is 10.5 Å². The molecule has 0 radical (unpaired) electrons. The minimum atomic E-state index is -0.0731. The van der Waals surface area contributed by atoms with Crippen LogP contribution in [0.5, 0.6) is 0 Å². The third-order valence-corrected chi connectivity index (χ3v) is 4.32. The lowest BCUT2D eigenvalue weighted by atomic mass is 9.94. The second-order valence-electron chi connectivity index (χ2n) is 5.74. The van der Waals surface area contributed by atoms with Crippen molar-refractivity contribution in [1.29, 1.82) is 0 Å². The Labute approximate surface area is 124 Å². The summed E-state index contributed by atoms with van der Waals surface area (Å²) in [6, 6.07) is 9.39. The molecule has 2 aliphatic rings. The Bertz CT molecular complexity index is 506. The van der Waals surface area contributed by atoms with Gasteiger partial charge in [0.05, 0.1) is 0 Å². The largest absolute Gasteiger partial charge is 0.342 e. The number of nitrogens with zero attached hydrogens (tertiary/aromatic N) is 2. The number of anilines is 1. The van der Waals surface area contributed by atoms with Crippen molar-refractivity contribution in [1.82, 2.24) is 9.80 Å². The molecule has 0 unspecified atom stereocenters.